The van der Waals surface area contributed by atoms with Crippen molar-refractivity contribution in [2.75, 3.05) is 13.2 Å². The topological polar surface area (TPSA) is 55.4 Å². The van der Waals surface area contributed by atoms with Gasteiger partial charge in [0.15, 0.2) is 11.8 Å². The number of carbonyl (C=O) groups excluding carboxylic acids is 2. The Morgan fingerprint density at radius 3 is 3.08 bits per heavy atom. The Kier molecular flexibility index (Phi) is 2.99. The summed E-state index contributed by atoms with van der Waals surface area (Å²) >= 11 is 0. The molecule has 0 aromatic carbocycles. The van der Waals surface area contributed by atoms with Crippen molar-refractivity contribution in [1.29, 1.82) is 0 Å². The maximum absolute atomic E-state index is 11.1. The van der Waals surface area contributed by atoms with Crippen LogP contribution in [-0.4, -0.2) is 30.9 Å². The summed E-state index contributed by atoms with van der Waals surface area (Å²) in [6, 6.07) is -0.745. The standard InChI is InChI=1S/C8H11NO3/c1-2-5-12-8(11)7-6(10)3-4-9-7/h2,7,9H,1,3-5H2/t7-/m0/s1. The van der Waals surface area contributed by atoms with Crippen LogP contribution >= 0.6 is 0 Å². The summed E-state index contributed by atoms with van der Waals surface area (Å²) < 4.78 is 4.71. The first-order chi connectivity index (χ1) is 5.75. The molecule has 12 heavy (non-hydrogen) atoms. The number of rotatable bonds is 3. The molecule has 0 unspecified atom stereocenters. The predicted octanol–water partition coefficient (Wildman–Crippen LogP) is -0.353. The number of ketones is 1. The Balaban J connectivity index is 2.40. The molecule has 1 fully saturated rings. The van der Waals surface area contributed by atoms with E-state index in [1.807, 2.05) is 0 Å². The maximum Gasteiger partial charge on any atom is 0.331 e. The van der Waals surface area contributed by atoms with E-state index in [-0.39, 0.29) is 12.4 Å². The number of hydrogen-bond acceptors (Lipinski definition) is 4. The molecule has 66 valence electrons. The third-order valence-corrected chi connectivity index (χ3v) is 1.62. The van der Waals surface area contributed by atoms with Gasteiger partial charge in [0.05, 0.1) is 0 Å². The van der Waals surface area contributed by atoms with Crippen molar-refractivity contribution in [3.05, 3.63) is 12.7 Å². The van der Waals surface area contributed by atoms with E-state index >= 15 is 0 Å². The SMILES string of the molecule is C=CCOC(=O)[C@H]1NCCC1=O. The summed E-state index contributed by atoms with van der Waals surface area (Å²) in [6.07, 6.45) is 1.88. The molecular formula is C8H11NO3. The number of esters is 1. The van der Waals surface area contributed by atoms with Crippen LogP contribution in [0, 0.1) is 0 Å². The maximum atomic E-state index is 11.1. The number of Topliss-reactive ketones (excluding diaryl/α,β-unsaturated/α-hetero) is 1. The van der Waals surface area contributed by atoms with Crippen LogP contribution in [0.2, 0.25) is 0 Å². The fraction of sp³-hybridized carbons (Fsp3) is 0.500. The molecule has 0 saturated carbocycles. The van der Waals surface area contributed by atoms with Crippen molar-refractivity contribution >= 4 is 11.8 Å². The second kappa shape index (κ2) is 4.01. The van der Waals surface area contributed by atoms with Crippen LogP contribution in [0.15, 0.2) is 12.7 Å². The van der Waals surface area contributed by atoms with Crippen molar-refractivity contribution < 1.29 is 14.3 Å². The van der Waals surface area contributed by atoms with Gasteiger partial charge >= 0.3 is 5.97 Å². The third kappa shape index (κ3) is 1.92. The van der Waals surface area contributed by atoms with Crippen molar-refractivity contribution in [2.24, 2.45) is 0 Å². The van der Waals surface area contributed by atoms with E-state index in [0.29, 0.717) is 13.0 Å². The van der Waals surface area contributed by atoms with E-state index in [4.69, 9.17) is 4.74 Å². The first-order valence-corrected chi connectivity index (χ1v) is 3.79. The Hall–Kier alpha value is -1.16. The Morgan fingerprint density at radius 2 is 2.58 bits per heavy atom. The molecule has 0 aliphatic carbocycles. The van der Waals surface area contributed by atoms with Crippen molar-refractivity contribution in [1.82, 2.24) is 5.32 Å². The largest absolute Gasteiger partial charge is 0.460 e. The van der Waals surface area contributed by atoms with Crippen LogP contribution in [0.5, 0.6) is 0 Å². The second-order valence-corrected chi connectivity index (χ2v) is 2.52. The lowest BCUT2D eigenvalue weighted by molar-refractivity contribution is -0.146. The smallest absolute Gasteiger partial charge is 0.331 e. The summed E-state index contributed by atoms with van der Waals surface area (Å²) in [5.41, 5.74) is 0. The van der Waals surface area contributed by atoms with E-state index in [1.165, 1.54) is 6.08 Å². The fourth-order valence-electron chi connectivity index (χ4n) is 1.04. The lowest BCUT2D eigenvalue weighted by Gasteiger charge is -2.06. The zero-order chi connectivity index (χ0) is 8.97. The van der Waals surface area contributed by atoms with Gasteiger partial charge in [0.1, 0.15) is 6.61 Å². The highest BCUT2D eigenvalue weighted by atomic mass is 16.5. The van der Waals surface area contributed by atoms with Crippen LogP contribution in [0.1, 0.15) is 6.42 Å². The fourth-order valence-corrected chi connectivity index (χ4v) is 1.04. The zero-order valence-electron chi connectivity index (χ0n) is 6.71. The normalized spacial score (nSPS) is 22.3. The van der Waals surface area contributed by atoms with Gasteiger partial charge in [0, 0.05) is 13.0 Å². The molecule has 1 rings (SSSR count). The van der Waals surface area contributed by atoms with Crippen molar-refractivity contribution in [2.45, 2.75) is 12.5 Å². The van der Waals surface area contributed by atoms with Gasteiger partial charge in [-0.2, -0.15) is 0 Å². The average molecular weight is 169 g/mol. The van der Waals surface area contributed by atoms with E-state index in [2.05, 4.69) is 11.9 Å². The monoisotopic (exact) mass is 169 g/mol. The van der Waals surface area contributed by atoms with Crippen LogP contribution in [0.4, 0.5) is 0 Å². The molecule has 0 aromatic heterocycles. The quantitative estimate of drug-likeness (QED) is 0.356. The molecule has 0 aromatic rings. The summed E-state index contributed by atoms with van der Waals surface area (Å²) in [6.45, 7) is 4.11. The van der Waals surface area contributed by atoms with E-state index < -0.39 is 12.0 Å². The first-order valence-electron chi connectivity index (χ1n) is 3.79. The molecule has 0 spiro atoms. The van der Waals surface area contributed by atoms with Gasteiger partial charge < -0.3 is 4.74 Å². The minimum absolute atomic E-state index is 0.0935. The molecule has 0 radical (unpaired) electrons. The third-order valence-electron chi connectivity index (χ3n) is 1.62. The summed E-state index contributed by atoms with van der Waals surface area (Å²) in [5, 5.41) is 2.76. The number of ether oxygens (including phenoxy) is 1. The molecule has 0 amide bonds. The van der Waals surface area contributed by atoms with Gasteiger partial charge in [-0.1, -0.05) is 12.7 Å². The molecule has 0 bridgehead atoms. The molecule has 1 atom stereocenters. The Bertz CT molecular complexity index is 212. The number of nitrogens with one attached hydrogen (secondary N) is 1. The summed E-state index contributed by atoms with van der Waals surface area (Å²) in [4.78, 5) is 22.1. The van der Waals surface area contributed by atoms with Gasteiger partial charge in [-0.15, -0.1) is 0 Å². The average Bonchev–Trinajstić information content (AvgIpc) is 2.47. The van der Waals surface area contributed by atoms with Gasteiger partial charge in [-0.05, 0) is 0 Å². The molecule has 1 saturated heterocycles. The van der Waals surface area contributed by atoms with Crippen LogP contribution in [0.3, 0.4) is 0 Å². The van der Waals surface area contributed by atoms with Gasteiger partial charge in [-0.3, -0.25) is 10.1 Å². The minimum atomic E-state index is -0.745. The van der Waals surface area contributed by atoms with Crippen molar-refractivity contribution in [3.63, 3.8) is 0 Å². The second-order valence-electron chi connectivity index (χ2n) is 2.52. The van der Waals surface area contributed by atoms with Crippen molar-refractivity contribution in [3.8, 4) is 0 Å². The van der Waals surface area contributed by atoms with Crippen LogP contribution in [0.25, 0.3) is 0 Å². The molecule has 1 aliphatic heterocycles. The summed E-state index contributed by atoms with van der Waals surface area (Å²) in [7, 11) is 0. The van der Waals surface area contributed by atoms with Crippen LogP contribution in [-0.2, 0) is 14.3 Å². The van der Waals surface area contributed by atoms with Gasteiger partial charge in [0.25, 0.3) is 0 Å². The highest BCUT2D eigenvalue weighted by molar-refractivity contribution is 6.04. The highest BCUT2D eigenvalue weighted by Gasteiger charge is 2.31. The highest BCUT2D eigenvalue weighted by Crippen LogP contribution is 2.02. The molecular weight excluding hydrogens is 158 g/mol. The predicted molar refractivity (Wildman–Crippen MR) is 42.6 cm³/mol. The minimum Gasteiger partial charge on any atom is -0.460 e. The lowest BCUT2D eigenvalue weighted by atomic mass is 10.2. The Labute approximate surface area is 70.6 Å². The molecule has 4 nitrogen and oxygen atoms in total. The molecule has 1 N–H and O–H groups in total. The first kappa shape index (κ1) is 8.93. The van der Waals surface area contributed by atoms with Gasteiger partial charge in [0.2, 0.25) is 0 Å². The van der Waals surface area contributed by atoms with E-state index in [1.54, 1.807) is 0 Å². The van der Waals surface area contributed by atoms with E-state index in [9.17, 15) is 9.59 Å². The molecule has 1 heterocycles. The number of carbonyl (C=O) groups is 2. The van der Waals surface area contributed by atoms with E-state index in [0.717, 1.165) is 0 Å². The summed E-state index contributed by atoms with van der Waals surface area (Å²) in [5.74, 6) is -0.596. The molecule has 1 aliphatic rings. The Morgan fingerprint density at radius 1 is 1.83 bits per heavy atom. The van der Waals surface area contributed by atoms with Gasteiger partial charge in [-0.25, -0.2) is 4.79 Å². The number of hydrogen-bond donors (Lipinski definition) is 1. The zero-order valence-corrected chi connectivity index (χ0v) is 6.71. The van der Waals surface area contributed by atoms with Crippen LogP contribution < -0.4 is 5.32 Å². The molecule has 4 heteroatoms. The lowest BCUT2D eigenvalue weighted by Crippen LogP contribution is -2.37.